The summed E-state index contributed by atoms with van der Waals surface area (Å²) >= 11 is 0. The lowest BCUT2D eigenvalue weighted by Gasteiger charge is -2.27. The van der Waals surface area contributed by atoms with Crippen LogP contribution >= 0.6 is 0 Å². The van der Waals surface area contributed by atoms with Crippen LogP contribution in [0.25, 0.3) is 5.57 Å². The molecule has 3 atom stereocenters. The first kappa shape index (κ1) is 19.9. The van der Waals surface area contributed by atoms with Gasteiger partial charge in [0.25, 0.3) is 0 Å². The summed E-state index contributed by atoms with van der Waals surface area (Å²) in [5.74, 6) is 0.997. The maximum atomic E-state index is 12.8. The summed E-state index contributed by atoms with van der Waals surface area (Å²) in [5, 5.41) is 10.7. The van der Waals surface area contributed by atoms with E-state index in [4.69, 9.17) is 0 Å². The molecule has 0 amide bonds. The Bertz CT molecular complexity index is 695. The zero-order chi connectivity index (χ0) is 18.7. The molecule has 0 saturated heterocycles. The predicted molar refractivity (Wildman–Crippen MR) is 105 cm³/mol. The Morgan fingerprint density at radius 3 is 2.32 bits per heavy atom. The van der Waals surface area contributed by atoms with Crippen molar-refractivity contribution >= 4 is 22.2 Å². The van der Waals surface area contributed by atoms with E-state index in [-0.39, 0.29) is 22.7 Å². The van der Waals surface area contributed by atoms with Crippen LogP contribution in [0.5, 0.6) is 0 Å². The van der Waals surface area contributed by atoms with Crippen molar-refractivity contribution in [1.29, 1.82) is 0 Å². The molecule has 0 bridgehead atoms. The van der Waals surface area contributed by atoms with Crippen molar-refractivity contribution < 1.29 is 14.1 Å². The normalized spacial score (nSPS) is 20.7. The highest BCUT2D eigenvalue weighted by Gasteiger charge is 2.31. The molecule has 0 spiro atoms. The van der Waals surface area contributed by atoms with E-state index in [0.29, 0.717) is 24.2 Å². The fraction of sp³-hybridized carbons (Fsp3) is 0.571. The van der Waals surface area contributed by atoms with E-state index in [1.165, 1.54) is 0 Å². The van der Waals surface area contributed by atoms with Crippen molar-refractivity contribution in [3.05, 3.63) is 40.1 Å². The number of carbonyl (C=O) groups is 1. The van der Waals surface area contributed by atoms with Gasteiger partial charge in [-0.15, -0.1) is 0 Å². The summed E-state index contributed by atoms with van der Waals surface area (Å²) in [4.78, 5) is 12.8. The van der Waals surface area contributed by atoms with Crippen molar-refractivity contribution in [1.82, 2.24) is 0 Å². The quantitative estimate of drug-likeness (QED) is 0.791. The smallest absolute Gasteiger partial charge is 0.167 e. The second-order valence-electron chi connectivity index (χ2n) is 7.42. The van der Waals surface area contributed by atoms with Gasteiger partial charge in [-0.1, -0.05) is 31.5 Å². The molecule has 1 aromatic carbocycles. The second-order valence-corrected chi connectivity index (χ2v) is 9.40. The minimum Gasteiger partial charge on any atom is -0.512 e. The Morgan fingerprint density at radius 1 is 1.20 bits per heavy atom. The number of hydrogen-bond acceptors (Lipinski definition) is 3. The van der Waals surface area contributed by atoms with Crippen LogP contribution < -0.4 is 0 Å². The summed E-state index contributed by atoms with van der Waals surface area (Å²) in [6.07, 6.45) is 2.56. The van der Waals surface area contributed by atoms with Crippen LogP contribution in [0.2, 0.25) is 0 Å². The zero-order valence-electron chi connectivity index (χ0n) is 16.0. The third-order valence-corrected chi connectivity index (χ3v) is 6.87. The molecule has 3 nitrogen and oxygen atoms in total. The molecule has 3 unspecified atom stereocenters. The highest BCUT2D eigenvalue weighted by atomic mass is 32.2. The first-order chi connectivity index (χ1) is 11.7. The Balaban J connectivity index is 2.24. The topological polar surface area (TPSA) is 54.4 Å². The monoisotopic (exact) mass is 362 g/mol. The summed E-state index contributed by atoms with van der Waals surface area (Å²) < 4.78 is 12.1. The highest BCUT2D eigenvalue weighted by molar-refractivity contribution is 7.85. The summed E-state index contributed by atoms with van der Waals surface area (Å²) in [6, 6.07) is 4.11. The number of benzene rings is 1. The van der Waals surface area contributed by atoms with Gasteiger partial charge in [0, 0.05) is 34.6 Å². The summed E-state index contributed by atoms with van der Waals surface area (Å²) in [5.41, 5.74) is 4.60. The average molecular weight is 363 g/mol. The maximum Gasteiger partial charge on any atom is 0.167 e. The lowest BCUT2D eigenvalue weighted by atomic mass is 9.80. The largest absolute Gasteiger partial charge is 0.512 e. The molecule has 1 aliphatic rings. The van der Waals surface area contributed by atoms with Gasteiger partial charge in [0.15, 0.2) is 5.78 Å². The number of carbonyl (C=O) groups excluding carboxylic acids is 1. The molecule has 1 aromatic rings. The van der Waals surface area contributed by atoms with Gasteiger partial charge in [0.2, 0.25) is 0 Å². The Morgan fingerprint density at radius 2 is 1.80 bits per heavy atom. The van der Waals surface area contributed by atoms with Crippen LogP contribution in [-0.2, 0) is 15.6 Å². The van der Waals surface area contributed by atoms with Crippen molar-refractivity contribution in [2.24, 2.45) is 5.92 Å². The molecule has 0 saturated carbocycles. The van der Waals surface area contributed by atoms with E-state index >= 15 is 0 Å². The summed E-state index contributed by atoms with van der Waals surface area (Å²) in [6.45, 7) is 10.0. The molecule has 0 aromatic heterocycles. The van der Waals surface area contributed by atoms with Crippen LogP contribution in [0, 0.1) is 26.7 Å². The lowest BCUT2D eigenvalue weighted by molar-refractivity contribution is -0.115. The molecule has 2 rings (SSSR count). The number of Topliss-reactive ketones (excluding diaryl/α,β-unsaturated/α-hetero) is 1. The summed E-state index contributed by atoms with van der Waals surface area (Å²) in [7, 11) is -0.853. The maximum absolute atomic E-state index is 12.8. The number of aryl methyl sites for hydroxylation is 3. The molecule has 1 aliphatic carbocycles. The van der Waals surface area contributed by atoms with Crippen molar-refractivity contribution in [2.45, 2.75) is 65.6 Å². The van der Waals surface area contributed by atoms with Crippen LogP contribution in [0.1, 0.15) is 61.8 Å². The lowest BCUT2D eigenvalue weighted by Crippen LogP contribution is -2.25. The molecule has 0 heterocycles. The highest BCUT2D eigenvalue weighted by Crippen LogP contribution is 2.37. The fourth-order valence-electron chi connectivity index (χ4n) is 3.98. The number of ketones is 1. The van der Waals surface area contributed by atoms with Gasteiger partial charge < -0.3 is 5.11 Å². The number of aliphatic hydroxyl groups is 1. The zero-order valence-corrected chi connectivity index (χ0v) is 16.8. The standard InChI is InChI=1S/C21H30O3S/c1-6-7-25(24)16(5)10-17-11-18(22)21(19(23)12-17)20-14(3)8-13(2)9-15(20)4/h8-9,16-17,22H,6-7,10-12H2,1-5H3. The first-order valence-electron chi connectivity index (χ1n) is 9.15. The number of hydrogen-bond donors (Lipinski definition) is 1. The van der Waals surface area contributed by atoms with Gasteiger partial charge in [-0.05, 0) is 56.2 Å². The van der Waals surface area contributed by atoms with E-state index < -0.39 is 10.8 Å². The molecule has 25 heavy (non-hydrogen) atoms. The van der Waals surface area contributed by atoms with E-state index in [2.05, 4.69) is 12.1 Å². The van der Waals surface area contributed by atoms with Crippen molar-refractivity contribution in [2.75, 3.05) is 5.75 Å². The fourth-order valence-corrected chi connectivity index (χ4v) is 5.27. The molecule has 0 aliphatic heterocycles. The molecule has 4 heteroatoms. The Labute approximate surface area is 154 Å². The molecule has 138 valence electrons. The molecular formula is C21H30O3S. The third-order valence-electron chi connectivity index (χ3n) is 4.97. The minimum absolute atomic E-state index is 0.0114. The Hall–Kier alpha value is -1.42. The number of allylic oxidation sites excluding steroid dienone is 2. The van der Waals surface area contributed by atoms with E-state index in [1.54, 1.807) is 0 Å². The van der Waals surface area contributed by atoms with Crippen LogP contribution in [0.15, 0.2) is 17.9 Å². The van der Waals surface area contributed by atoms with Crippen molar-refractivity contribution in [3.63, 3.8) is 0 Å². The van der Waals surface area contributed by atoms with E-state index in [1.807, 2.05) is 34.6 Å². The second kappa shape index (κ2) is 8.31. The van der Waals surface area contributed by atoms with Crippen LogP contribution in [0.4, 0.5) is 0 Å². The van der Waals surface area contributed by atoms with Gasteiger partial charge in [-0.25, -0.2) is 0 Å². The van der Waals surface area contributed by atoms with Gasteiger partial charge in [0.1, 0.15) is 5.76 Å². The Kier molecular flexibility index (Phi) is 6.61. The SMILES string of the molecule is CCCS(=O)C(C)CC1CC(=O)C(c2c(C)cc(C)cc2C)=C(O)C1. The first-order valence-corrected chi connectivity index (χ1v) is 10.5. The molecular weight excluding hydrogens is 332 g/mol. The third kappa shape index (κ3) is 4.60. The molecule has 0 radical (unpaired) electrons. The number of aliphatic hydroxyl groups excluding tert-OH is 1. The van der Waals surface area contributed by atoms with Gasteiger partial charge >= 0.3 is 0 Å². The van der Waals surface area contributed by atoms with Crippen LogP contribution in [-0.4, -0.2) is 26.1 Å². The average Bonchev–Trinajstić information content (AvgIpc) is 2.49. The van der Waals surface area contributed by atoms with Crippen molar-refractivity contribution in [3.8, 4) is 0 Å². The predicted octanol–water partition coefficient (Wildman–Crippen LogP) is 4.80. The molecule has 1 N–H and O–H groups in total. The van der Waals surface area contributed by atoms with Gasteiger partial charge in [-0.2, -0.15) is 0 Å². The van der Waals surface area contributed by atoms with Gasteiger partial charge in [-0.3, -0.25) is 9.00 Å². The minimum atomic E-state index is -0.853. The molecule has 0 fully saturated rings. The van der Waals surface area contributed by atoms with Crippen LogP contribution in [0.3, 0.4) is 0 Å². The van der Waals surface area contributed by atoms with Gasteiger partial charge in [0.05, 0.1) is 5.57 Å². The van der Waals surface area contributed by atoms with E-state index in [9.17, 15) is 14.1 Å². The number of rotatable bonds is 6. The van der Waals surface area contributed by atoms with E-state index in [0.717, 1.165) is 35.1 Å².